The summed E-state index contributed by atoms with van der Waals surface area (Å²) in [6.45, 7) is 1.63. The van der Waals surface area contributed by atoms with Crippen LogP contribution >= 0.6 is 0 Å². The number of likely N-dealkylation sites (N-methyl/N-ethyl adjacent to an activating group) is 2. The second kappa shape index (κ2) is 6.43. The van der Waals surface area contributed by atoms with Crippen molar-refractivity contribution in [3.63, 3.8) is 0 Å². The van der Waals surface area contributed by atoms with Crippen molar-refractivity contribution in [1.82, 2.24) is 9.21 Å². The summed E-state index contributed by atoms with van der Waals surface area (Å²) in [5.74, 6) is 0. The first-order valence-electron chi connectivity index (χ1n) is 6.34. The van der Waals surface area contributed by atoms with Gasteiger partial charge in [0.15, 0.2) is 0 Å². The molecule has 0 saturated carbocycles. The van der Waals surface area contributed by atoms with E-state index in [1.54, 1.807) is 6.07 Å². The number of nitrogens with zero attached hydrogens (tertiary/aromatic N) is 3. The van der Waals surface area contributed by atoms with E-state index in [4.69, 9.17) is 5.73 Å². The molecular formula is C13H24N4O2S. The van der Waals surface area contributed by atoms with Crippen molar-refractivity contribution in [2.75, 3.05) is 59.0 Å². The van der Waals surface area contributed by atoms with Crippen LogP contribution < -0.4 is 10.6 Å². The van der Waals surface area contributed by atoms with Crippen LogP contribution in [0.4, 0.5) is 11.4 Å². The Kier molecular flexibility index (Phi) is 5.38. The Morgan fingerprint density at radius 3 is 2.15 bits per heavy atom. The Morgan fingerprint density at radius 1 is 1.05 bits per heavy atom. The summed E-state index contributed by atoms with van der Waals surface area (Å²) in [5, 5.41) is 0. The lowest BCUT2D eigenvalue weighted by atomic mass is 10.2. The van der Waals surface area contributed by atoms with E-state index in [2.05, 4.69) is 4.90 Å². The van der Waals surface area contributed by atoms with Gasteiger partial charge in [-0.25, -0.2) is 12.7 Å². The Balaban J connectivity index is 3.14. The molecule has 7 heteroatoms. The summed E-state index contributed by atoms with van der Waals surface area (Å²) in [4.78, 5) is 4.17. The lowest BCUT2D eigenvalue weighted by molar-refractivity contribution is 0.416. The first-order chi connectivity index (χ1) is 9.17. The summed E-state index contributed by atoms with van der Waals surface area (Å²) in [6.07, 6.45) is 0. The van der Waals surface area contributed by atoms with Crippen LogP contribution in [0.5, 0.6) is 0 Å². The first-order valence-corrected chi connectivity index (χ1v) is 7.78. The number of nitrogens with two attached hydrogens (primary N) is 1. The minimum Gasteiger partial charge on any atom is -0.396 e. The van der Waals surface area contributed by atoms with Crippen molar-refractivity contribution in [3.05, 3.63) is 18.2 Å². The third kappa shape index (κ3) is 3.62. The molecule has 1 aromatic carbocycles. The van der Waals surface area contributed by atoms with Gasteiger partial charge in [-0.15, -0.1) is 0 Å². The molecule has 0 heterocycles. The van der Waals surface area contributed by atoms with E-state index in [0.717, 1.165) is 18.8 Å². The van der Waals surface area contributed by atoms with Gasteiger partial charge in [-0.1, -0.05) is 6.07 Å². The molecule has 0 aliphatic heterocycles. The molecule has 1 aromatic rings. The molecule has 0 bridgehead atoms. The number of para-hydroxylation sites is 1. The van der Waals surface area contributed by atoms with Gasteiger partial charge in [0, 0.05) is 34.2 Å². The van der Waals surface area contributed by atoms with Gasteiger partial charge in [-0.05, 0) is 26.2 Å². The van der Waals surface area contributed by atoms with Crippen LogP contribution in [0.25, 0.3) is 0 Å². The van der Waals surface area contributed by atoms with Crippen molar-refractivity contribution < 1.29 is 8.42 Å². The largest absolute Gasteiger partial charge is 0.396 e. The zero-order chi connectivity index (χ0) is 15.5. The lowest BCUT2D eigenvalue weighted by Gasteiger charge is -2.24. The standard InChI is InChI=1S/C13H24N4O2S/c1-15(2)9-10-17(5)11-7-6-8-12(13(11)14)20(18,19)16(3)4/h6-8H,9-10,14H2,1-5H3. The molecule has 0 spiro atoms. The number of sulfonamides is 1. The van der Waals surface area contributed by atoms with Crippen LogP contribution in [0.1, 0.15) is 0 Å². The monoisotopic (exact) mass is 300 g/mol. The molecule has 1 rings (SSSR count). The van der Waals surface area contributed by atoms with Gasteiger partial charge in [0.25, 0.3) is 0 Å². The van der Waals surface area contributed by atoms with Crippen molar-refractivity contribution in [1.29, 1.82) is 0 Å². The predicted octanol–water partition coefficient (Wildman–Crippen LogP) is 0.517. The fourth-order valence-electron chi connectivity index (χ4n) is 1.76. The second-order valence-electron chi connectivity index (χ2n) is 5.20. The average molecular weight is 300 g/mol. The minimum absolute atomic E-state index is 0.150. The van der Waals surface area contributed by atoms with Crippen LogP contribution in [0.3, 0.4) is 0 Å². The maximum atomic E-state index is 12.2. The number of benzene rings is 1. The quantitative estimate of drug-likeness (QED) is 0.776. The highest BCUT2D eigenvalue weighted by atomic mass is 32.2. The molecule has 0 atom stereocenters. The smallest absolute Gasteiger partial charge is 0.244 e. The Labute approximate surface area is 121 Å². The normalized spacial score (nSPS) is 12.2. The Hall–Kier alpha value is -1.31. The summed E-state index contributed by atoms with van der Waals surface area (Å²) < 4.78 is 25.6. The van der Waals surface area contributed by atoms with Gasteiger partial charge >= 0.3 is 0 Å². The summed E-state index contributed by atoms with van der Waals surface area (Å²) in [6, 6.07) is 5.09. The van der Waals surface area contributed by atoms with E-state index in [1.165, 1.54) is 24.5 Å². The maximum absolute atomic E-state index is 12.2. The molecule has 0 aromatic heterocycles. The van der Waals surface area contributed by atoms with E-state index in [-0.39, 0.29) is 4.90 Å². The topological polar surface area (TPSA) is 69.9 Å². The fraction of sp³-hybridized carbons (Fsp3) is 0.538. The Morgan fingerprint density at radius 2 is 1.65 bits per heavy atom. The fourth-order valence-corrected chi connectivity index (χ4v) is 2.78. The summed E-state index contributed by atoms with van der Waals surface area (Å²) in [7, 11) is 5.36. The van der Waals surface area contributed by atoms with Gasteiger partial charge in [-0.2, -0.15) is 0 Å². The minimum atomic E-state index is -3.52. The van der Waals surface area contributed by atoms with Crippen LogP contribution in [0, 0.1) is 0 Å². The highest BCUT2D eigenvalue weighted by Crippen LogP contribution is 2.30. The number of hydrogen-bond donors (Lipinski definition) is 1. The van der Waals surface area contributed by atoms with Crippen LogP contribution in [-0.2, 0) is 10.0 Å². The number of rotatable bonds is 6. The van der Waals surface area contributed by atoms with Gasteiger partial charge in [-0.3, -0.25) is 0 Å². The van der Waals surface area contributed by atoms with E-state index in [0.29, 0.717) is 5.69 Å². The molecule has 114 valence electrons. The van der Waals surface area contributed by atoms with Crippen molar-refractivity contribution in [3.8, 4) is 0 Å². The second-order valence-corrected chi connectivity index (χ2v) is 7.32. The molecule has 0 fully saturated rings. The van der Waals surface area contributed by atoms with Crippen LogP contribution in [-0.4, -0.2) is 66.0 Å². The molecule has 20 heavy (non-hydrogen) atoms. The number of hydrogen-bond acceptors (Lipinski definition) is 5. The zero-order valence-electron chi connectivity index (χ0n) is 12.8. The molecule has 2 N–H and O–H groups in total. The van der Waals surface area contributed by atoms with Crippen molar-refractivity contribution >= 4 is 21.4 Å². The van der Waals surface area contributed by atoms with E-state index < -0.39 is 10.0 Å². The summed E-state index contributed by atoms with van der Waals surface area (Å²) in [5.41, 5.74) is 7.08. The molecule has 0 unspecified atom stereocenters. The molecular weight excluding hydrogens is 276 g/mol. The molecule has 6 nitrogen and oxygen atoms in total. The first kappa shape index (κ1) is 16.7. The Bertz CT molecular complexity index is 555. The molecule has 0 aliphatic rings. The zero-order valence-corrected chi connectivity index (χ0v) is 13.6. The van der Waals surface area contributed by atoms with Gasteiger partial charge in [0.05, 0.1) is 11.4 Å². The third-order valence-corrected chi connectivity index (χ3v) is 4.97. The summed E-state index contributed by atoms with van der Waals surface area (Å²) >= 11 is 0. The van der Waals surface area contributed by atoms with E-state index in [1.807, 2.05) is 32.1 Å². The highest BCUT2D eigenvalue weighted by Gasteiger charge is 2.22. The van der Waals surface area contributed by atoms with E-state index >= 15 is 0 Å². The predicted molar refractivity (Wildman–Crippen MR) is 83.6 cm³/mol. The lowest BCUT2D eigenvalue weighted by Crippen LogP contribution is -2.29. The van der Waals surface area contributed by atoms with E-state index in [9.17, 15) is 8.42 Å². The van der Waals surface area contributed by atoms with Gasteiger partial charge in [0.2, 0.25) is 10.0 Å². The van der Waals surface area contributed by atoms with Crippen molar-refractivity contribution in [2.24, 2.45) is 0 Å². The molecule has 0 aliphatic carbocycles. The van der Waals surface area contributed by atoms with Crippen molar-refractivity contribution in [2.45, 2.75) is 4.90 Å². The number of nitrogen functional groups attached to an aromatic ring is 1. The highest BCUT2D eigenvalue weighted by molar-refractivity contribution is 7.89. The maximum Gasteiger partial charge on any atom is 0.244 e. The molecule has 0 amide bonds. The molecule has 0 saturated heterocycles. The van der Waals surface area contributed by atoms with Gasteiger partial charge < -0.3 is 15.5 Å². The third-order valence-electron chi connectivity index (χ3n) is 3.10. The number of anilines is 2. The SMILES string of the molecule is CN(C)CCN(C)c1cccc(S(=O)(=O)N(C)C)c1N. The molecule has 0 radical (unpaired) electrons. The average Bonchev–Trinajstić information content (AvgIpc) is 2.35. The van der Waals surface area contributed by atoms with Crippen LogP contribution in [0.2, 0.25) is 0 Å². The van der Waals surface area contributed by atoms with Crippen LogP contribution in [0.15, 0.2) is 23.1 Å². The van der Waals surface area contributed by atoms with Gasteiger partial charge in [0.1, 0.15) is 4.90 Å².